The SMILES string of the molecule is CC(CO)CCC[C@@H](C)[C@H]1C(O)C[C@H]2[C@@H]3CC=C4CC(O)(O)CC[C@]4(C)[C@H]3CC[C@]12C. The van der Waals surface area contributed by atoms with Crippen LogP contribution in [-0.2, 0) is 0 Å². The lowest BCUT2D eigenvalue weighted by Crippen LogP contribution is -2.52. The van der Waals surface area contributed by atoms with Crippen molar-refractivity contribution in [2.75, 3.05) is 6.61 Å². The van der Waals surface area contributed by atoms with Gasteiger partial charge >= 0.3 is 0 Å². The van der Waals surface area contributed by atoms with Crippen LogP contribution < -0.4 is 0 Å². The highest BCUT2D eigenvalue weighted by Crippen LogP contribution is 2.67. The van der Waals surface area contributed by atoms with Crippen LogP contribution in [0.3, 0.4) is 0 Å². The summed E-state index contributed by atoms with van der Waals surface area (Å²) in [4.78, 5) is 0. The van der Waals surface area contributed by atoms with E-state index in [1.807, 2.05) is 0 Å². The molecule has 0 bridgehead atoms. The van der Waals surface area contributed by atoms with Gasteiger partial charge in [-0.3, -0.25) is 0 Å². The second-order valence-electron chi connectivity index (χ2n) is 12.5. The minimum absolute atomic E-state index is 0.0916. The molecular weight excluding hydrogens is 388 g/mol. The number of hydrogen-bond donors (Lipinski definition) is 4. The highest BCUT2D eigenvalue weighted by Gasteiger charge is 2.62. The van der Waals surface area contributed by atoms with Crippen molar-refractivity contribution in [1.82, 2.24) is 0 Å². The van der Waals surface area contributed by atoms with Crippen LogP contribution in [0.1, 0.15) is 91.9 Å². The third kappa shape index (κ3) is 4.05. The van der Waals surface area contributed by atoms with Crippen LogP contribution in [0.4, 0.5) is 0 Å². The summed E-state index contributed by atoms with van der Waals surface area (Å²) in [5, 5.41) is 41.0. The molecule has 4 aliphatic rings. The standard InChI is InChI=1S/C27H46O4/c1-17(16-28)6-5-7-18(2)24-23(29)14-22-20-9-8-19-15-27(30,31)13-12-25(19,3)21(20)10-11-26(22,24)4/h8,17-18,20-24,28-31H,5-7,9-16H2,1-4H3/t17?,18-,20-,21+,22+,23?,24+,25+,26+/m1/s1. The zero-order chi connectivity index (χ0) is 22.6. The maximum Gasteiger partial charge on any atom is 0.166 e. The molecule has 4 aliphatic carbocycles. The Morgan fingerprint density at radius 1 is 1.06 bits per heavy atom. The van der Waals surface area contributed by atoms with Gasteiger partial charge in [0.25, 0.3) is 0 Å². The van der Waals surface area contributed by atoms with Gasteiger partial charge in [0, 0.05) is 19.4 Å². The van der Waals surface area contributed by atoms with Gasteiger partial charge in [0.15, 0.2) is 5.79 Å². The first-order chi connectivity index (χ1) is 14.5. The molecule has 4 N–H and O–H groups in total. The second-order valence-corrected chi connectivity index (χ2v) is 12.5. The van der Waals surface area contributed by atoms with E-state index in [-0.39, 0.29) is 23.5 Å². The molecule has 0 saturated heterocycles. The third-order valence-corrected chi connectivity index (χ3v) is 10.5. The molecule has 4 heteroatoms. The van der Waals surface area contributed by atoms with E-state index in [9.17, 15) is 20.4 Å². The van der Waals surface area contributed by atoms with Crippen molar-refractivity contribution >= 4 is 0 Å². The summed E-state index contributed by atoms with van der Waals surface area (Å²) in [5.41, 5.74) is 1.57. The van der Waals surface area contributed by atoms with Crippen LogP contribution in [0.2, 0.25) is 0 Å². The lowest BCUT2D eigenvalue weighted by Gasteiger charge is -2.58. The summed E-state index contributed by atoms with van der Waals surface area (Å²) in [6, 6.07) is 0. The number of aliphatic hydroxyl groups excluding tert-OH is 2. The Balaban J connectivity index is 1.51. The lowest BCUT2D eigenvalue weighted by molar-refractivity contribution is -0.189. The smallest absolute Gasteiger partial charge is 0.166 e. The van der Waals surface area contributed by atoms with Gasteiger partial charge in [0.05, 0.1) is 6.10 Å². The van der Waals surface area contributed by atoms with Crippen molar-refractivity contribution in [1.29, 1.82) is 0 Å². The van der Waals surface area contributed by atoms with E-state index in [1.165, 1.54) is 18.4 Å². The Bertz CT molecular complexity index is 687. The maximum absolute atomic E-state index is 11.2. The number of hydrogen-bond acceptors (Lipinski definition) is 4. The molecule has 31 heavy (non-hydrogen) atoms. The predicted octanol–water partition coefficient (Wildman–Crippen LogP) is 4.65. The lowest BCUT2D eigenvalue weighted by atomic mass is 9.46. The number of fused-ring (bicyclic) bond motifs is 5. The van der Waals surface area contributed by atoms with Gasteiger partial charge in [-0.2, -0.15) is 0 Å². The Morgan fingerprint density at radius 3 is 2.52 bits per heavy atom. The number of rotatable bonds is 6. The number of aliphatic hydroxyl groups is 4. The highest BCUT2D eigenvalue weighted by molar-refractivity contribution is 5.26. The molecule has 3 saturated carbocycles. The van der Waals surface area contributed by atoms with Gasteiger partial charge in [-0.05, 0) is 84.9 Å². The average molecular weight is 435 g/mol. The summed E-state index contributed by atoms with van der Waals surface area (Å²) < 4.78 is 0. The zero-order valence-corrected chi connectivity index (χ0v) is 20.2. The van der Waals surface area contributed by atoms with Crippen molar-refractivity contribution in [3.8, 4) is 0 Å². The number of allylic oxidation sites excluding steroid dienone is 1. The minimum Gasteiger partial charge on any atom is -0.396 e. The van der Waals surface area contributed by atoms with E-state index in [2.05, 4.69) is 33.8 Å². The van der Waals surface area contributed by atoms with E-state index in [0.29, 0.717) is 48.3 Å². The van der Waals surface area contributed by atoms with E-state index >= 15 is 0 Å². The van der Waals surface area contributed by atoms with Crippen LogP contribution in [0.5, 0.6) is 0 Å². The van der Waals surface area contributed by atoms with E-state index in [0.717, 1.165) is 38.5 Å². The fourth-order valence-corrected chi connectivity index (χ4v) is 8.77. The third-order valence-electron chi connectivity index (χ3n) is 10.5. The molecule has 4 nitrogen and oxygen atoms in total. The fraction of sp³-hybridized carbons (Fsp3) is 0.926. The monoisotopic (exact) mass is 434 g/mol. The molecule has 2 unspecified atom stereocenters. The Kier molecular flexibility index (Phi) is 6.44. The van der Waals surface area contributed by atoms with Crippen LogP contribution in [0.15, 0.2) is 11.6 Å². The van der Waals surface area contributed by atoms with Crippen LogP contribution in [-0.4, -0.2) is 38.9 Å². The normalized spacial score (nSPS) is 45.8. The van der Waals surface area contributed by atoms with E-state index in [1.54, 1.807) is 0 Å². The first kappa shape index (κ1) is 23.7. The van der Waals surface area contributed by atoms with Gasteiger partial charge in [0.2, 0.25) is 0 Å². The van der Waals surface area contributed by atoms with Gasteiger partial charge < -0.3 is 20.4 Å². The molecule has 0 aromatic carbocycles. The van der Waals surface area contributed by atoms with Crippen molar-refractivity contribution in [3.05, 3.63) is 11.6 Å². The van der Waals surface area contributed by atoms with Gasteiger partial charge in [-0.25, -0.2) is 0 Å². The quantitative estimate of drug-likeness (QED) is 0.362. The van der Waals surface area contributed by atoms with Gasteiger partial charge in [0.1, 0.15) is 0 Å². The summed E-state index contributed by atoms with van der Waals surface area (Å²) in [6.07, 6.45) is 11.6. The summed E-state index contributed by atoms with van der Waals surface area (Å²) in [6.45, 7) is 9.58. The van der Waals surface area contributed by atoms with Crippen molar-refractivity contribution in [2.45, 2.75) is 104 Å². The molecule has 0 amide bonds. The summed E-state index contributed by atoms with van der Waals surface area (Å²) >= 11 is 0. The first-order valence-corrected chi connectivity index (χ1v) is 12.9. The Labute approximate surface area is 189 Å². The maximum atomic E-state index is 11.2. The van der Waals surface area contributed by atoms with Gasteiger partial charge in [-0.15, -0.1) is 0 Å². The first-order valence-electron chi connectivity index (χ1n) is 12.9. The predicted molar refractivity (Wildman–Crippen MR) is 123 cm³/mol. The average Bonchev–Trinajstić information content (AvgIpc) is 2.98. The minimum atomic E-state index is -1.53. The van der Waals surface area contributed by atoms with E-state index < -0.39 is 5.79 Å². The molecule has 178 valence electrons. The molecule has 0 spiro atoms. The van der Waals surface area contributed by atoms with Crippen molar-refractivity contribution in [2.24, 2.45) is 46.3 Å². The highest BCUT2D eigenvalue weighted by atomic mass is 16.5. The molecule has 0 aromatic heterocycles. The molecule has 4 rings (SSSR count). The van der Waals surface area contributed by atoms with Crippen LogP contribution >= 0.6 is 0 Å². The van der Waals surface area contributed by atoms with Crippen molar-refractivity contribution in [3.63, 3.8) is 0 Å². The van der Waals surface area contributed by atoms with Crippen molar-refractivity contribution < 1.29 is 20.4 Å². The molecule has 0 heterocycles. The summed E-state index contributed by atoms with van der Waals surface area (Å²) in [7, 11) is 0. The van der Waals surface area contributed by atoms with Crippen LogP contribution in [0.25, 0.3) is 0 Å². The molecule has 0 aromatic rings. The van der Waals surface area contributed by atoms with Gasteiger partial charge in [-0.1, -0.05) is 52.2 Å². The zero-order valence-electron chi connectivity index (χ0n) is 20.2. The largest absolute Gasteiger partial charge is 0.396 e. The molecular formula is C27H46O4. The molecule has 3 fully saturated rings. The van der Waals surface area contributed by atoms with Crippen LogP contribution in [0, 0.1) is 46.3 Å². The molecule has 9 atom stereocenters. The molecule has 0 aliphatic heterocycles. The molecule has 0 radical (unpaired) electrons. The Morgan fingerprint density at radius 2 is 1.81 bits per heavy atom. The fourth-order valence-electron chi connectivity index (χ4n) is 8.77. The van der Waals surface area contributed by atoms with E-state index in [4.69, 9.17) is 0 Å². The summed E-state index contributed by atoms with van der Waals surface area (Å²) in [5.74, 6) is 1.50. The topological polar surface area (TPSA) is 80.9 Å². The second kappa shape index (κ2) is 8.42. The Hall–Kier alpha value is -0.420.